The maximum atomic E-state index is 14.7. The van der Waals surface area contributed by atoms with Gasteiger partial charge in [0.25, 0.3) is 10.0 Å². The van der Waals surface area contributed by atoms with E-state index in [1.165, 1.54) is 17.0 Å². The van der Waals surface area contributed by atoms with Crippen LogP contribution in [0, 0.1) is 6.92 Å². The van der Waals surface area contributed by atoms with E-state index in [0.29, 0.717) is 22.1 Å². The Hall–Kier alpha value is -5.12. The van der Waals surface area contributed by atoms with Crippen molar-refractivity contribution in [1.29, 1.82) is 0 Å². The number of halogens is 1. The van der Waals surface area contributed by atoms with Gasteiger partial charge in [0, 0.05) is 23.5 Å². The monoisotopic (exact) mass is 723 g/mol. The van der Waals surface area contributed by atoms with Crippen molar-refractivity contribution in [2.45, 2.75) is 57.1 Å². The zero-order valence-electron chi connectivity index (χ0n) is 29.1. The van der Waals surface area contributed by atoms with Gasteiger partial charge < -0.3 is 15.0 Å². The number of hydrogen-bond donors (Lipinski definition) is 1. The second-order valence-corrected chi connectivity index (χ2v) is 15.6. The van der Waals surface area contributed by atoms with Crippen LogP contribution in [-0.2, 0) is 32.6 Å². The Morgan fingerprint density at radius 1 is 0.765 bits per heavy atom. The van der Waals surface area contributed by atoms with Crippen LogP contribution in [0.25, 0.3) is 0 Å². The van der Waals surface area contributed by atoms with E-state index in [-0.39, 0.29) is 29.5 Å². The molecule has 0 fully saturated rings. The van der Waals surface area contributed by atoms with Crippen molar-refractivity contribution in [3.05, 3.63) is 155 Å². The minimum atomic E-state index is -4.26. The van der Waals surface area contributed by atoms with E-state index in [4.69, 9.17) is 16.3 Å². The number of amides is 2. The van der Waals surface area contributed by atoms with Crippen molar-refractivity contribution in [3.63, 3.8) is 0 Å². The van der Waals surface area contributed by atoms with Crippen molar-refractivity contribution in [2.24, 2.45) is 0 Å². The number of hydrogen-bond acceptors (Lipinski definition) is 5. The van der Waals surface area contributed by atoms with Crippen LogP contribution in [0.2, 0.25) is 5.02 Å². The van der Waals surface area contributed by atoms with Crippen LogP contribution >= 0.6 is 11.6 Å². The number of rotatable bonds is 13. The second-order valence-electron chi connectivity index (χ2n) is 13.3. The normalized spacial score (nSPS) is 12.1. The number of sulfonamides is 1. The molecule has 0 aliphatic heterocycles. The van der Waals surface area contributed by atoms with Crippen molar-refractivity contribution < 1.29 is 22.7 Å². The minimum Gasteiger partial charge on any atom is -0.457 e. The predicted octanol–water partition coefficient (Wildman–Crippen LogP) is 8.19. The maximum absolute atomic E-state index is 14.7. The van der Waals surface area contributed by atoms with Gasteiger partial charge in [-0.15, -0.1) is 0 Å². The van der Waals surface area contributed by atoms with E-state index >= 15 is 0 Å². The Labute approximate surface area is 305 Å². The molecule has 0 aliphatic rings. The first kappa shape index (κ1) is 37.1. The number of nitrogens with zero attached hydrogens (tertiary/aromatic N) is 2. The van der Waals surface area contributed by atoms with Crippen LogP contribution in [-0.4, -0.2) is 43.3 Å². The molecule has 0 aliphatic carbocycles. The molecule has 1 N–H and O–H groups in total. The molecule has 0 bridgehead atoms. The highest BCUT2D eigenvalue weighted by molar-refractivity contribution is 7.92. The van der Waals surface area contributed by atoms with Crippen molar-refractivity contribution in [1.82, 2.24) is 10.2 Å². The third-order valence-electron chi connectivity index (χ3n) is 8.00. The molecule has 5 rings (SSSR count). The van der Waals surface area contributed by atoms with Crippen LogP contribution in [0.5, 0.6) is 11.5 Å². The first-order chi connectivity index (χ1) is 24.3. The van der Waals surface area contributed by atoms with Crippen LogP contribution in [0.4, 0.5) is 5.69 Å². The van der Waals surface area contributed by atoms with Gasteiger partial charge in [-0.25, -0.2) is 8.42 Å². The summed E-state index contributed by atoms with van der Waals surface area (Å²) in [7, 11) is -4.26. The van der Waals surface area contributed by atoms with Gasteiger partial charge in [-0.05, 0) is 99.5 Å². The molecule has 5 aromatic rings. The average molecular weight is 724 g/mol. The van der Waals surface area contributed by atoms with E-state index in [0.717, 1.165) is 15.4 Å². The Morgan fingerprint density at radius 3 is 1.96 bits per heavy atom. The van der Waals surface area contributed by atoms with Gasteiger partial charge in [-0.3, -0.25) is 13.9 Å². The molecule has 0 saturated heterocycles. The lowest BCUT2D eigenvalue weighted by Gasteiger charge is -2.35. The fourth-order valence-corrected chi connectivity index (χ4v) is 7.14. The molecule has 0 heterocycles. The number of aryl methyl sites for hydroxylation is 1. The van der Waals surface area contributed by atoms with Crippen LogP contribution in [0.15, 0.2) is 138 Å². The standard InChI is InChI=1S/C41H42ClN3O5S/c1-30-18-24-37(25-19-30)51(48,49)45(34-20-22-36(23-21-34)50-35-16-9-6-10-17-35)29-39(46)44(28-32-14-11-15-33(42)26-32)38(40(47)43-41(2,3)4)27-31-12-7-5-8-13-31/h5-26,38H,27-29H2,1-4H3,(H,43,47)/t38-/m1/s1. The number of nitrogens with one attached hydrogen (secondary N) is 1. The smallest absolute Gasteiger partial charge is 0.264 e. The quantitative estimate of drug-likeness (QED) is 0.132. The Balaban J connectivity index is 1.57. The molecule has 5 aromatic carbocycles. The third-order valence-corrected chi connectivity index (χ3v) is 10.0. The first-order valence-corrected chi connectivity index (χ1v) is 18.4. The van der Waals surface area contributed by atoms with Gasteiger partial charge in [0.15, 0.2) is 0 Å². The third kappa shape index (κ3) is 10.2. The minimum absolute atomic E-state index is 0.0106. The van der Waals surface area contributed by atoms with Crippen LogP contribution in [0.1, 0.15) is 37.5 Å². The van der Waals surface area contributed by atoms with Crippen LogP contribution in [0.3, 0.4) is 0 Å². The lowest BCUT2D eigenvalue weighted by atomic mass is 10.0. The molecule has 264 valence electrons. The average Bonchev–Trinajstić information content (AvgIpc) is 3.09. The van der Waals surface area contributed by atoms with Crippen molar-refractivity contribution >= 4 is 39.1 Å². The Morgan fingerprint density at radius 2 is 1.35 bits per heavy atom. The van der Waals surface area contributed by atoms with E-state index in [1.54, 1.807) is 54.6 Å². The molecule has 0 unspecified atom stereocenters. The van der Waals surface area contributed by atoms with Gasteiger partial charge in [-0.2, -0.15) is 0 Å². The Bertz CT molecular complexity index is 2030. The lowest BCUT2D eigenvalue weighted by molar-refractivity contribution is -0.140. The summed E-state index contributed by atoms with van der Waals surface area (Å²) in [6, 6.07) is 37.7. The molecule has 51 heavy (non-hydrogen) atoms. The number of anilines is 1. The van der Waals surface area contributed by atoms with Gasteiger partial charge in [0.1, 0.15) is 24.1 Å². The fourth-order valence-electron chi connectivity index (χ4n) is 5.51. The molecular formula is C41H42ClN3O5S. The molecule has 0 aromatic heterocycles. The molecule has 0 spiro atoms. The van der Waals surface area contributed by atoms with Gasteiger partial charge in [-0.1, -0.05) is 90.0 Å². The molecule has 0 saturated carbocycles. The van der Waals surface area contributed by atoms with Crippen molar-refractivity contribution in [3.8, 4) is 11.5 Å². The Kier molecular flexibility index (Phi) is 11.8. The first-order valence-electron chi connectivity index (χ1n) is 16.6. The summed E-state index contributed by atoms with van der Waals surface area (Å²) < 4.78 is 35.8. The summed E-state index contributed by atoms with van der Waals surface area (Å²) in [5, 5.41) is 3.51. The molecule has 2 amide bonds. The van der Waals surface area contributed by atoms with E-state index in [9.17, 15) is 18.0 Å². The number of para-hydroxylation sites is 1. The van der Waals surface area contributed by atoms with Gasteiger partial charge >= 0.3 is 0 Å². The molecular weight excluding hydrogens is 682 g/mol. The summed E-state index contributed by atoms with van der Waals surface area (Å²) in [5.74, 6) is 0.185. The molecule has 10 heteroatoms. The maximum Gasteiger partial charge on any atom is 0.264 e. The molecule has 0 radical (unpaired) electrons. The number of benzene rings is 5. The summed E-state index contributed by atoms with van der Waals surface area (Å²) in [6.45, 7) is 6.91. The number of carbonyl (C=O) groups is 2. The van der Waals surface area contributed by atoms with Gasteiger partial charge in [0.05, 0.1) is 10.6 Å². The SMILES string of the molecule is Cc1ccc(S(=O)(=O)N(CC(=O)N(Cc2cccc(Cl)c2)[C@H](Cc2ccccc2)C(=O)NC(C)(C)C)c2ccc(Oc3ccccc3)cc2)cc1. The number of carbonyl (C=O) groups excluding carboxylic acids is 2. The highest BCUT2D eigenvalue weighted by Crippen LogP contribution is 2.29. The highest BCUT2D eigenvalue weighted by atomic mass is 35.5. The second kappa shape index (κ2) is 16.3. The molecule has 1 atom stereocenters. The lowest BCUT2D eigenvalue weighted by Crippen LogP contribution is -2.56. The number of ether oxygens (including phenoxy) is 1. The fraction of sp³-hybridized carbons (Fsp3) is 0.220. The summed E-state index contributed by atoms with van der Waals surface area (Å²) >= 11 is 6.35. The summed E-state index contributed by atoms with van der Waals surface area (Å²) in [6.07, 6.45) is 0.200. The largest absolute Gasteiger partial charge is 0.457 e. The topological polar surface area (TPSA) is 96.0 Å². The van der Waals surface area contributed by atoms with Gasteiger partial charge in [0.2, 0.25) is 11.8 Å². The highest BCUT2D eigenvalue weighted by Gasteiger charge is 2.35. The van der Waals surface area contributed by atoms with E-state index < -0.39 is 34.1 Å². The summed E-state index contributed by atoms with van der Waals surface area (Å²) in [4.78, 5) is 30.3. The van der Waals surface area contributed by atoms with E-state index in [2.05, 4.69) is 5.32 Å². The summed E-state index contributed by atoms with van der Waals surface area (Å²) in [5.41, 5.74) is 2.08. The zero-order valence-corrected chi connectivity index (χ0v) is 30.7. The van der Waals surface area contributed by atoms with E-state index in [1.807, 2.05) is 94.4 Å². The zero-order chi connectivity index (χ0) is 36.6. The van der Waals surface area contributed by atoms with Crippen molar-refractivity contribution in [2.75, 3.05) is 10.8 Å². The molecule has 8 nitrogen and oxygen atoms in total. The van der Waals surface area contributed by atoms with Crippen LogP contribution < -0.4 is 14.4 Å². The predicted molar refractivity (Wildman–Crippen MR) is 203 cm³/mol.